The highest BCUT2D eigenvalue weighted by Gasteiger charge is 2.56. The molecule has 3 fully saturated rings. The first-order chi connectivity index (χ1) is 13.3. The lowest BCUT2D eigenvalue weighted by atomic mass is 9.46. The molecular weight excluding hydrogens is 336 g/mol. The lowest BCUT2D eigenvalue weighted by molar-refractivity contribution is -0.0675. The van der Waals surface area contributed by atoms with E-state index in [1.807, 2.05) is 11.1 Å². The van der Waals surface area contributed by atoms with Crippen molar-refractivity contribution >= 4 is 0 Å². The lowest BCUT2D eigenvalue weighted by Crippen LogP contribution is -2.50. The first kappa shape index (κ1) is 21.0. The molecule has 0 amide bonds. The monoisotopic (exact) mass is 384 g/mol. The second-order valence-electron chi connectivity index (χ2n) is 12.5. The standard InChI is InChI=1S/C28H48/c1-19(2)20(3)10-11-21(4)22-14-18-28(6)25(22)13-12-23-24-9-7-8-16-27(24,5)17-15-26(23)28/h19-21,23-24,26H,7-18H2,1-6H3/t20-,21+,23+,24+,26+,27+,28+/m1/s1. The van der Waals surface area contributed by atoms with E-state index in [9.17, 15) is 0 Å². The molecule has 0 aromatic heterocycles. The average molecular weight is 385 g/mol. The van der Waals surface area contributed by atoms with Gasteiger partial charge in [0.05, 0.1) is 0 Å². The summed E-state index contributed by atoms with van der Waals surface area (Å²) in [5.74, 6) is 5.64. The second-order valence-corrected chi connectivity index (χ2v) is 12.5. The van der Waals surface area contributed by atoms with Crippen LogP contribution >= 0.6 is 0 Å². The van der Waals surface area contributed by atoms with E-state index in [0.29, 0.717) is 10.8 Å². The molecule has 0 heterocycles. The third-order valence-electron chi connectivity index (χ3n) is 10.8. The molecule has 0 aliphatic heterocycles. The molecule has 0 bridgehead atoms. The third kappa shape index (κ3) is 3.43. The Balaban J connectivity index is 1.51. The highest BCUT2D eigenvalue weighted by Crippen LogP contribution is 2.66. The van der Waals surface area contributed by atoms with Crippen molar-refractivity contribution in [3.63, 3.8) is 0 Å². The zero-order chi connectivity index (χ0) is 20.1. The molecule has 0 heteroatoms. The fraction of sp³-hybridized carbons (Fsp3) is 0.929. The van der Waals surface area contributed by atoms with E-state index in [-0.39, 0.29) is 0 Å². The predicted octanol–water partition coefficient (Wildman–Crippen LogP) is 8.81. The van der Waals surface area contributed by atoms with Crippen LogP contribution in [-0.2, 0) is 0 Å². The highest BCUT2D eigenvalue weighted by molar-refractivity contribution is 5.33. The second kappa shape index (κ2) is 7.77. The molecule has 0 spiro atoms. The number of hydrogen-bond donors (Lipinski definition) is 0. The van der Waals surface area contributed by atoms with Crippen LogP contribution in [0.25, 0.3) is 0 Å². The number of rotatable bonds is 5. The summed E-state index contributed by atoms with van der Waals surface area (Å²) in [6, 6.07) is 0. The van der Waals surface area contributed by atoms with Crippen LogP contribution in [0.2, 0.25) is 0 Å². The van der Waals surface area contributed by atoms with Gasteiger partial charge < -0.3 is 0 Å². The molecule has 0 nitrogen and oxygen atoms in total. The zero-order valence-electron chi connectivity index (χ0n) is 19.9. The van der Waals surface area contributed by atoms with Crippen LogP contribution in [0.5, 0.6) is 0 Å². The fourth-order valence-corrected chi connectivity index (χ4v) is 8.43. The maximum absolute atomic E-state index is 2.71. The molecule has 4 rings (SSSR count). The van der Waals surface area contributed by atoms with Gasteiger partial charge in [-0.2, -0.15) is 0 Å². The summed E-state index contributed by atoms with van der Waals surface area (Å²) >= 11 is 0. The van der Waals surface area contributed by atoms with E-state index in [1.54, 1.807) is 6.42 Å². The van der Waals surface area contributed by atoms with Crippen LogP contribution < -0.4 is 0 Å². The maximum atomic E-state index is 2.71. The SMILES string of the molecule is CC(C)[C@H](C)CC[C@H](C)C1=C2CC[C@H]3[C@@H]4CCCC[C@@]4(C)CC[C@@H]3[C@@]2(C)CC1. The first-order valence-electron chi connectivity index (χ1n) is 13.0. The van der Waals surface area contributed by atoms with Crippen molar-refractivity contribution in [1.29, 1.82) is 0 Å². The van der Waals surface area contributed by atoms with Crippen molar-refractivity contribution < 1.29 is 0 Å². The van der Waals surface area contributed by atoms with Gasteiger partial charge in [-0.05, 0) is 111 Å². The van der Waals surface area contributed by atoms with Gasteiger partial charge in [-0.1, -0.05) is 65.5 Å². The van der Waals surface area contributed by atoms with Crippen LogP contribution in [-0.4, -0.2) is 0 Å². The summed E-state index contributed by atoms with van der Waals surface area (Å²) in [6.45, 7) is 15.2. The zero-order valence-corrected chi connectivity index (χ0v) is 19.9. The molecule has 160 valence electrons. The molecule has 0 unspecified atom stereocenters. The summed E-state index contributed by atoms with van der Waals surface area (Å²) in [4.78, 5) is 0. The average Bonchev–Trinajstić information content (AvgIpc) is 3.02. The Hall–Kier alpha value is -0.260. The Labute approximate surface area is 176 Å². The van der Waals surface area contributed by atoms with Crippen LogP contribution in [0.4, 0.5) is 0 Å². The lowest BCUT2D eigenvalue weighted by Gasteiger charge is -2.59. The number of allylic oxidation sites excluding steroid dienone is 2. The summed E-state index contributed by atoms with van der Waals surface area (Å²) in [5, 5.41) is 0. The number of hydrogen-bond acceptors (Lipinski definition) is 0. The normalized spacial score (nSPS) is 42.8. The molecule has 3 saturated carbocycles. The molecule has 0 aromatic carbocycles. The van der Waals surface area contributed by atoms with Crippen molar-refractivity contribution in [3.05, 3.63) is 11.1 Å². The van der Waals surface area contributed by atoms with Gasteiger partial charge in [0.2, 0.25) is 0 Å². The minimum absolute atomic E-state index is 0.564. The Morgan fingerprint density at radius 3 is 2.36 bits per heavy atom. The minimum atomic E-state index is 0.564. The molecule has 7 atom stereocenters. The van der Waals surface area contributed by atoms with Gasteiger partial charge in [0, 0.05) is 0 Å². The number of fused-ring (bicyclic) bond motifs is 5. The van der Waals surface area contributed by atoms with Gasteiger partial charge in [-0.25, -0.2) is 0 Å². The van der Waals surface area contributed by atoms with E-state index < -0.39 is 0 Å². The molecule has 28 heavy (non-hydrogen) atoms. The third-order valence-corrected chi connectivity index (χ3v) is 10.8. The van der Waals surface area contributed by atoms with E-state index >= 15 is 0 Å². The smallest absolute Gasteiger partial charge is 0.00796 e. The summed E-state index contributed by atoms with van der Waals surface area (Å²) in [7, 11) is 0. The Bertz CT molecular complexity index is 597. The van der Waals surface area contributed by atoms with Crippen LogP contribution in [0, 0.1) is 46.3 Å². The van der Waals surface area contributed by atoms with Crippen molar-refractivity contribution in [2.24, 2.45) is 46.3 Å². The van der Waals surface area contributed by atoms with E-state index in [0.717, 1.165) is 35.5 Å². The molecule has 4 aliphatic carbocycles. The van der Waals surface area contributed by atoms with Crippen molar-refractivity contribution in [1.82, 2.24) is 0 Å². The van der Waals surface area contributed by atoms with E-state index in [1.165, 1.54) is 70.6 Å². The van der Waals surface area contributed by atoms with Crippen molar-refractivity contribution in [2.75, 3.05) is 0 Å². The molecule has 4 aliphatic rings. The van der Waals surface area contributed by atoms with Crippen molar-refractivity contribution in [2.45, 2.75) is 119 Å². The Kier molecular flexibility index (Phi) is 5.83. The highest BCUT2D eigenvalue weighted by atomic mass is 14.6. The largest absolute Gasteiger partial charge is 0.0676 e. The fourth-order valence-electron chi connectivity index (χ4n) is 8.43. The van der Waals surface area contributed by atoms with Gasteiger partial charge in [-0.3, -0.25) is 0 Å². The van der Waals surface area contributed by atoms with Gasteiger partial charge in [0.25, 0.3) is 0 Å². The quantitative estimate of drug-likeness (QED) is 0.415. The molecular formula is C28H48. The summed E-state index contributed by atoms with van der Waals surface area (Å²) in [5.41, 5.74) is 5.15. The topological polar surface area (TPSA) is 0 Å². The van der Waals surface area contributed by atoms with Crippen LogP contribution in [0.3, 0.4) is 0 Å². The van der Waals surface area contributed by atoms with Gasteiger partial charge in [0.1, 0.15) is 0 Å². The first-order valence-corrected chi connectivity index (χ1v) is 13.0. The minimum Gasteiger partial charge on any atom is -0.0676 e. The van der Waals surface area contributed by atoms with Gasteiger partial charge in [0.15, 0.2) is 0 Å². The molecule has 0 N–H and O–H groups in total. The molecule has 0 radical (unpaired) electrons. The Morgan fingerprint density at radius 1 is 0.821 bits per heavy atom. The maximum Gasteiger partial charge on any atom is -0.00796 e. The molecule has 0 aromatic rings. The van der Waals surface area contributed by atoms with Gasteiger partial charge in [-0.15, -0.1) is 0 Å². The van der Waals surface area contributed by atoms with Crippen molar-refractivity contribution in [3.8, 4) is 0 Å². The molecule has 0 saturated heterocycles. The van der Waals surface area contributed by atoms with Gasteiger partial charge >= 0.3 is 0 Å². The Morgan fingerprint density at radius 2 is 1.61 bits per heavy atom. The van der Waals surface area contributed by atoms with Crippen LogP contribution in [0.1, 0.15) is 119 Å². The summed E-state index contributed by atoms with van der Waals surface area (Å²) in [6.07, 6.45) is 17.9. The summed E-state index contributed by atoms with van der Waals surface area (Å²) < 4.78 is 0. The van der Waals surface area contributed by atoms with Crippen LogP contribution in [0.15, 0.2) is 11.1 Å². The van der Waals surface area contributed by atoms with E-state index in [2.05, 4.69) is 41.5 Å². The predicted molar refractivity (Wildman–Crippen MR) is 122 cm³/mol. The van der Waals surface area contributed by atoms with E-state index in [4.69, 9.17) is 0 Å².